The molecule has 21 heavy (non-hydrogen) atoms. The van der Waals surface area contributed by atoms with Gasteiger partial charge in [0.2, 0.25) is 5.75 Å². The lowest BCUT2D eigenvalue weighted by Gasteiger charge is -2.13. The van der Waals surface area contributed by atoms with Crippen LogP contribution in [0.1, 0.15) is 32.3 Å². The van der Waals surface area contributed by atoms with Crippen LogP contribution in [0.2, 0.25) is 0 Å². The summed E-state index contributed by atoms with van der Waals surface area (Å²) in [5, 5.41) is 19.9. The summed E-state index contributed by atoms with van der Waals surface area (Å²) in [5.74, 6) is -0.578. The van der Waals surface area contributed by atoms with E-state index in [9.17, 15) is 14.9 Å². The lowest BCUT2D eigenvalue weighted by molar-refractivity contribution is -0.386. The zero-order chi connectivity index (χ0) is 15.8. The van der Waals surface area contributed by atoms with Gasteiger partial charge in [0.05, 0.1) is 18.1 Å². The van der Waals surface area contributed by atoms with Gasteiger partial charge >= 0.3 is 11.7 Å². The molecule has 0 atom stereocenters. The Labute approximate surface area is 122 Å². The number of rotatable bonds is 9. The van der Waals surface area contributed by atoms with Crippen molar-refractivity contribution >= 4 is 11.7 Å². The Kier molecular flexibility index (Phi) is 6.45. The van der Waals surface area contributed by atoms with Crippen molar-refractivity contribution in [2.75, 3.05) is 13.2 Å². The molecule has 0 saturated heterocycles. The Morgan fingerprint density at radius 1 is 1.33 bits per heavy atom. The van der Waals surface area contributed by atoms with E-state index in [1.54, 1.807) is 13.0 Å². The number of aryl methyl sites for hydroxylation is 1. The van der Waals surface area contributed by atoms with Gasteiger partial charge in [-0.25, -0.2) is 0 Å². The van der Waals surface area contributed by atoms with Gasteiger partial charge in [-0.1, -0.05) is 6.92 Å². The molecule has 0 spiro atoms. The molecule has 0 aliphatic heterocycles. The Hall–Kier alpha value is -2.31. The molecule has 0 saturated carbocycles. The molecule has 0 aliphatic rings. The van der Waals surface area contributed by atoms with E-state index in [1.807, 2.05) is 6.92 Å². The van der Waals surface area contributed by atoms with Crippen molar-refractivity contribution in [3.05, 3.63) is 27.8 Å². The van der Waals surface area contributed by atoms with Crippen LogP contribution in [0.5, 0.6) is 11.5 Å². The maximum atomic E-state index is 11.2. The van der Waals surface area contributed by atoms with Crippen LogP contribution in [-0.2, 0) is 11.2 Å². The number of aliphatic carboxylic acids is 1. The van der Waals surface area contributed by atoms with Gasteiger partial charge in [0, 0.05) is 12.5 Å². The summed E-state index contributed by atoms with van der Waals surface area (Å²) < 4.78 is 10.8. The number of carboxylic acids is 1. The second kappa shape index (κ2) is 8.08. The fourth-order valence-electron chi connectivity index (χ4n) is 1.79. The van der Waals surface area contributed by atoms with Gasteiger partial charge in [0.25, 0.3) is 0 Å². The summed E-state index contributed by atoms with van der Waals surface area (Å²) >= 11 is 0. The average Bonchev–Trinajstić information content (AvgIpc) is 2.43. The Morgan fingerprint density at radius 3 is 2.57 bits per heavy atom. The Morgan fingerprint density at radius 2 is 2.05 bits per heavy atom. The zero-order valence-electron chi connectivity index (χ0n) is 12.1. The van der Waals surface area contributed by atoms with Gasteiger partial charge in [-0.05, 0) is 31.4 Å². The maximum Gasteiger partial charge on any atom is 0.315 e. The highest BCUT2D eigenvalue weighted by molar-refractivity contribution is 5.67. The molecular formula is C14H19NO6. The first-order valence-electron chi connectivity index (χ1n) is 6.78. The minimum atomic E-state index is -0.957. The third-order valence-electron chi connectivity index (χ3n) is 2.67. The molecule has 0 fully saturated rings. The first kappa shape index (κ1) is 16.7. The second-order valence-electron chi connectivity index (χ2n) is 4.37. The van der Waals surface area contributed by atoms with Crippen molar-refractivity contribution < 1.29 is 24.3 Å². The third-order valence-corrected chi connectivity index (χ3v) is 2.67. The lowest BCUT2D eigenvalue weighted by atomic mass is 10.1. The number of nitro groups is 1. The van der Waals surface area contributed by atoms with Crippen LogP contribution in [0.15, 0.2) is 12.1 Å². The molecule has 1 aromatic carbocycles. The summed E-state index contributed by atoms with van der Waals surface area (Å²) in [6, 6.07) is 2.95. The summed E-state index contributed by atoms with van der Waals surface area (Å²) in [7, 11) is 0. The second-order valence-corrected chi connectivity index (χ2v) is 4.37. The first-order chi connectivity index (χ1) is 9.99. The standard InChI is InChI=1S/C14H19NO6/c1-3-7-21-14-11(15(18)19)8-10(5-6-13(16)17)9-12(14)20-4-2/h8-9H,3-7H2,1-2H3,(H,16,17). The van der Waals surface area contributed by atoms with Crippen LogP contribution in [0.3, 0.4) is 0 Å². The molecule has 0 aliphatic carbocycles. The molecule has 0 amide bonds. The minimum Gasteiger partial charge on any atom is -0.490 e. The number of carbonyl (C=O) groups is 1. The first-order valence-corrected chi connectivity index (χ1v) is 6.78. The van der Waals surface area contributed by atoms with Gasteiger partial charge in [-0.3, -0.25) is 14.9 Å². The van der Waals surface area contributed by atoms with Gasteiger partial charge in [-0.2, -0.15) is 0 Å². The number of hydrogen-bond donors (Lipinski definition) is 1. The summed E-state index contributed by atoms with van der Waals surface area (Å²) in [5.41, 5.74) is 0.339. The summed E-state index contributed by atoms with van der Waals surface area (Å²) in [4.78, 5) is 21.3. The molecule has 0 bridgehead atoms. The van der Waals surface area contributed by atoms with Gasteiger partial charge < -0.3 is 14.6 Å². The summed E-state index contributed by atoms with van der Waals surface area (Å²) in [6.45, 7) is 4.34. The molecule has 116 valence electrons. The fourth-order valence-corrected chi connectivity index (χ4v) is 1.79. The smallest absolute Gasteiger partial charge is 0.315 e. The summed E-state index contributed by atoms with van der Waals surface area (Å²) in [6.07, 6.45) is 0.811. The predicted molar refractivity (Wildman–Crippen MR) is 76.0 cm³/mol. The van der Waals surface area contributed by atoms with Crippen molar-refractivity contribution in [3.63, 3.8) is 0 Å². The molecule has 0 heterocycles. The SMILES string of the molecule is CCCOc1c(OCC)cc(CCC(=O)O)cc1[N+](=O)[O-]. The molecule has 1 N–H and O–H groups in total. The van der Waals surface area contributed by atoms with Crippen molar-refractivity contribution in [1.29, 1.82) is 0 Å². The molecule has 0 aromatic heterocycles. The van der Waals surface area contributed by atoms with Gasteiger partial charge in [-0.15, -0.1) is 0 Å². The van der Waals surface area contributed by atoms with Crippen LogP contribution in [0.25, 0.3) is 0 Å². The average molecular weight is 297 g/mol. The molecular weight excluding hydrogens is 278 g/mol. The quantitative estimate of drug-likeness (QED) is 0.556. The van der Waals surface area contributed by atoms with Crippen molar-refractivity contribution in [3.8, 4) is 11.5 Å². The normalized spacial score (nSPS) is 10.2. The highest BCUT2D eigenvalue weighted by atomic mass is 16.6. The van der Waals surface area contributed by atoms with Gasteiger partial charge in [0.1, 0.15) is 0 Å². The largest absolute Gasteiger partial charge is 0.490 e. The van der Waals surface area contributed by atoms with E-state index in [2.05, 4.69) is 0 Å². The monoisotopic (exact) mass is 297 g/mol. The number of carboxylic acid groups (broad SMARTS) is 1. The fraction of sp³-hybridized carbons (Fsp3) is 0.500. The topological polar surface area (TPSA) is 98.9 Å². The molecule has 1 rings (SSSR count). The highest BCUT2D eigenvalue weighted by Crippen LogP contribution is 2.39. The van der Waals surface area contributed by atoms with Crippen LogP contribution >= 0.6 is 0 Å². The Balaban J connectivity index is 3.19. The van der Waals surface area contributed by atoms with Crippen LogP contribution < -0.4 is 9.47 Å². The van der Waals surface area contributed by atoms with Crippen LogP contribution in [0, 0.1) is 10.1 Å². The van der Waals surface area contributed by atoms with Crippen LogP contribution in [0.4, 0.5) is 5.69 Å². The zero-order valence-corrected chi connectivity index (χ0v) is 12.1. The van der Waals surface area contributed by atoms with Crippen molar-refractivity contribution in [2.45, 2.75) is 33.1 Å². The highest BCUT2D eigenvalue weighted by Gasteiger charge is 2.22. The van der Waals surface area contributed by atoms with Gasteiger partial charge in [0.15, 0.2) is 5.75 Å². The van der Waals surface area contributed by atoms with Crippen LogP contribution in [-0.4, -0.2) is 29.2 Å². The number of hydrogen-bond acceptors (Lipinski definition) is 5. The molecule has 0 unspecified atom stereocenters. The minimum absolute atomic E-state index is 0.0993. The molecule has 7 heteroatoms. The number of nitro benzene ring substituents is 1. The number of nitrogens with zero attached hydrogens (tertiary/aromatic N) is 1. The van der Waals surface area contributed by atoms with E-state index in [4.69, 9.17) is 14.6 Å². The number of benzene rings is 1. The Bertz CT molecular complexity index is 514. The van der Waals surface area contributed by atoms with E-state index in [0.29, 0.717) is 25.2 Å². The van der Waals surface area contributed by atoms with E-state index < -0.39 is 10.9 Å². The van der Waals surface area contributed by atoms with E-state index in [0.717, 1.165) is 0 Å². The molecule has 1 aromatic rings. The van der Waals surface area contributed by atoms with Crippen molar-refractivity contribution in [2.24, 2.45) is 0 Å². The maximum absolute atomic E-state index is 11.2. The third kappa shape index (κ3) is 4.94. The van der Waals surface area contributed by atoms with E-state index >= 15 is 0 Å². The van der Waals surface area contributed by atoms with E-state index in [1.165, 1.54) is 6.07 Å². The lowest BCUT2D eigenvalue weighted by Crippen LogP contribution is -2.05. The van der Waals surface area contributed by atoms with Crippen molar-refractivity contribution in [1.82, 2.24) is 0 Å². The molecule has 7 nitrogen and oxygen atoms in total. The predicted octanol–water partition coefficient (Wildman–Crippen LogP) is 2.80. The molecule has 0 radical (unpaired) electrons. The van der Waals surface area contributed by atoms with E-state index in [-0.39, 0.29) is 30.0 Å². The number of ether oxygens (including phenoxy) is 2.